The van der Waals surface area contributed by atoms with E-state index < -0.39 is 0 Å². The van der Waals surface area contributed by atoms with Crippen LogP contribution in [0.5, 0.6) is 0 Å². The van der Waals surface area contributed by atoms with Crippen LogP contribution in [-0.4, -0.2) is 65.3 Å². The first-order chi connectivity index (χ1) is 7.54. The Hall–Kier alpha value is -0.230. The topological polar surface area (TPSA) is 52.7 Å². The van der Waals surface area contributed by atoms with E-state index in [0.29, 0.717) is 10.9 Å². The lowest BCUT2D eigenvalue weighted by Crippen LogP contribution is -2.53. The highest BCUT2D eigenvalue weighted by molar-refractivity contribution is 7.80. The van der Waals surface area contributed by atoms with Crippen molar-refractivity contribution in [1.82, 2.24) is 9.80 Å². The molecule has 1 aliphatic rings. The molecular formula is C11H23N3OS. The number of hydrogen-bond acceptors (Lipinski definition) is 4. The normalized spacial score (nSPS) is 22.9. The number of nitrogens with two attached hydrogens (primary N) is 1. The molecule has 0 amide bonds. The van der Waals surface area contributed by atoms with Gasteiger partial charge in [0, 0.05) is 39.3 Å². The second kappa shape index (κ2) is 6.49. The first-order valence-corrected chi connectivity index (χ1v) is 6.32. The molecule has 0 aromatic heterocycles. The lowest BCUT2D eigenvalue weighted by Gasteiger charge is -2.38. The van der Waals surface area contributed by atoms with E-state index in [0.717, 1.165) is 32.7 Å². The fourth-order valence-electron chi connectivity index (χ4n) is 2.01. The van der Waals surface area contributed by atoms with E-state index in [-0.39, 0.29) is 12.6 Å². The van der Waals surface area contributed by atoms with Crippen LogP contribution >= 0.6 is 12.2 Å². The summed E-state index contributed by atoms with van der Waals surface area (Å²) in [5, 5.41) is 9.01. The summed E-state index contributed by atoms with van der Waals surface area (Å²) in [5.41, 5.74) is 5.65. The van der Waals surface area contributed by atoms with Crippen LogP contribution in [0, 0.1) is 5.92 Å². The average Bonchev–Trinajstić information content (AvgIpc) is 2.28. The van der Waals surface area contributed by atoms with Crippen LogP contribution in [0.4, 0.5) is 0 Å². The minimum Gasteiger partial charge on any atom is -0.396 e. The zero-order valence-electron chi connectivity index (χ0n) is 10.2. The van der Waals surface area contributed by atoms with Crippen LogP contribution < -0.4 is 5.73 Å². The summed E-state index contributed by atoms with van der Waals surface area (Å²) in [7, 11) is 0. The van der Waals surface area contributed by atoms with E-state index in [9.17, 15) is 0 Å². The zero-order valence-corrected chi connectivity index (χ0v) is 11.0. The van der Waals surface area contributed by atoms with E-state index in [4.69, 9.17) is 23.1 Å². The number of piperazine rings is 1. The number of thiocarbonyl (C=S) groups is 1. The Kier molecular flexibility index (Phi) is 5.61. The molecule has 2 unspecified atom stereocenters. The SMILES string of the molecule is CC(CO)CN1CCN(C(C)C(N)=S)CC1. The summed E-state index contributed by atoms with van der Waals surface area (Å²) in [6.45, 7) is 9.48. The van der Waals surface area contributed by atoms with Crippen LogP contribution in [0.3, 0.4) is 0 Å². The number of aliphatic hydroxyl groups is 1. The molecular weight excluding hydrogens is 222 g/mol. The van der Waals surface area contributed by atoms with Gasteiger partial charge in [-0.05, 0) is 12.8 Å². The highest BCUT2D eigenvalue weighted by Crippen LogP contribution is 2.08. The third-order valence-electron chi connectivity index (χ3n) is 3.25. The van der Waals surface area contributed by atoms with Crippen molar-refractivity contribution in [2.45, 2.75) is 19.9 Å². The smallest absolute Gasteiger partial charge is 0.0899 e. The third-order valence-corrected chi connectivity index (χ3v) is 3.59. The Morgan fingerprint density at radius 3 is 2.31 bits per heavy atom. The minimum absolute atomic E-state index is 0.201. The lowest BCUT2D eigenvalue weighted by atomic mass is 10.1. The Morgan fingerprint density at radius 1 is 1.31 bits per heavy atom. The van der Waals surface area contributed by atoms with Crippen molar-refractivity contribution in [3.63, 3.8) is 0 Å². The van der Waals surface area contributed by atoms with Gasteiger partial charge in [-0.15, -0.1) is 0 Å². The van der Waals surface area contributed by atoms with Gasteiger partial charge < -0.3 is 15.7 Å². The summed E-state index contributed by atoms with van der Waals surface area (Å²) in [6, 6.07) is 0.201. The standard InChI is InChI=1S/C11H23N3OS/c1-9(8-15)7-13-3-5-14(6-4-13)10(2)11(12)16/h9-10,15H,3-8H2,1-2H3,(H2,12,16). The summed E-state index contributed by atoms with van der Waals surface area (Å²) in [6.07, 6.45) is 0. The van der Waals surface area contributed by atoms with E-state index >= 15 is 0 Å². The number of hydrogen-bond donors (Lipinski definition) is 2. The molecule has 16 heavy (non-hydrogen) atoms. The highest BCUT2D eigenvalue weighted by atomic mass is 32.1. The zero-order chi connectivity index (χ0) is 12.1. The van der Waals surface area contributed by atoms with Gasteiger partial charge in [0.1, 0.15) is 0 Å². The Balaban J connectivity index is 2.31. The fourth-order valence-corrected chi connectivity index (χ4v) is 2.16. The predicted octanol–water partition coefficient (Wildman–Crippen LogP) is -0.0930. The molecule has 0 spiro atoms. The van der Waals surface area contributed by atoms with Crippen LogP contribution in [0.1, 0.15) is 13.8 Å². The molecule has 0 aliphatic carbocycles. The van der Waals surface area contributed by atoms with Gasteiger partial charge in [0.15, 0.2) is 0 Å². The van der Waals surface area contributed by atoms with Gasteiger partial charge in [-0.2, -0.15) is 0 Å². The first kappa shape index (κ1) is 13.8. The Bertz CT molecular complexity index is 229. The molecule has 1 aliphatic heterocycles. The highest BCUT2D eigenvalue weighted by Gasteiger charge is 2.22. The predicted molar refractivity (Wildman–Crippen MR) is 70.5 cm³/mol. The lowest BCUT2D eigenvalue weighted by molar-refractivity contribution is 0.0983. The van der Waals surface area contributed by atoms with Crippen molar-refractivity contribution in [2.24, 2.45) is 11.7 Å². The molecule has 0 aromatic rings. The largest absolute Gasteiger partial charge is 0.396 e. The summed E-state index contributed by atoms with van der Waals surface area (Å²) < 4.78 is 0. The summed E-state index contributed by atoms with van der Waals surface area (Å²) in [4.78, 5) is 5.30. The molecule has 3 N–H and O–H groups in total. The Labute approximate surface area is 103 Å². The molecule has 1 fully saturated rings. The van der Waals surface area contributed by atoms with Crippen molar-refractivity contribution < 1.29 is 5.11 Å². The first-order valence-electron chi connectivity index (χ1n) is 5.91. The molecule has 0 radical (unpaired) electrons. The minimum atomic E-state index is 0.201. The molecule has 4 nitrogen and oxygen atoms in total. The second-order valence-electron chi connectivity index (χ2n) is 4.70. The second-order valence-corrected chi connectivity index (χ2v) is 5.17. The number of aliphatic hydroxyl groups excluding tert-OH is 1. The van der Waals surface area contributed by atoms with Crippen LogP contribution in [-0.2, 0) is 0 Å². The molecule has 5 heteroatoms. The third kappa shape index (κ3) is 3.97. The molecule has 1 rings (SSSR count). The van der Waals surface area contributed by atoms with Gasteiger partial charge >= 0.3 is 0 Å². The monoisotopic (exact) mass is 245 g/mol. The van der Waals surface area contributed by atoms with E-state index in [1.165, 1.54) is 0 Å². The molecule has 1 heterocycles. The van der Waals surface area contributed by atoms with Gasteiger partial charge in [0.05, 0.1) is 11.0 Å². The number of nitrogens with zero attached hydrogens (tertiary/aromatic N) is 2. The Morgan fingerprint density at radius 2 is 1.88 bits per heavy atom. The maximum absolute atomic E-state index is 9.01. The van der Waals surface area contributed by atoms with Crippen molar-refractivity contribution in [3.05, 3.63) is 0 Å². The van der Waals surface area contributed by atoms with E-state index in [1.54, 1.807) is 0 Å². The fraction of sp³-hybridized carbons (Fsp3) is 0.909. The van der Waals surface area contributed by atoms with Gasteiger partial charge in [-0.1, -0.05) is 19.1 Å². The maximum atomic E-state index is 9.01. The van der Waals surface area contributed by atoms with Crippen molar-refractivity contribution in [2.75, 3.05) is 39.3 Å². The van der Waals surface area contributed by atoms with Gasteiger partial charge in [-0.3, -0.25) is 4.90 Å². The van der Waals surface area contributed by atoms with Crippen molar-refractivity contribution >= 4 is 17.2 Å². The molecule has 94 valence electrons. The molecule has 1 saturated heterocycles. The van der Waals surface area contributed by atoms with E-state index in [1.807, 2.05) is 0 Å². The maximum Gasteiger partial charge on any atom is 0.0899 e. The molecule has 0 saturated carbocycles. The molecule has 0 bridgehead atoms. The van der Waals surface area contributed by atoms with Crippen molar-refractivity contribution in [3.8, 4) is 0 Å². The quantitative estimate of drug-likeness (QED) is 0.663. The summed E-state index contributed by atoms with van der Waals surface area (Å²) in [5.74, 6) is 0.361. The average molecular weight is 245 g/mol. The van der Waals surface area contributed by atoms with Crippen LogP contribution in [0.15, 0.2) is 0 Å². The van der Waals surface area contributed by atoms with Gasteiger partial charge in [0.25, 0.3) is 0 Å². The van der Waals surface area contributed by atoms with Gasteiger partial charge in [0.2, 0.25) is 0 Å². The molecule has 2 atom stereocenters. The van der Waals surface area contributed by atoms with Crippen LogP contribution in [0.2, 0.25) is 0 Å². The number of rotatable bonds is 5. The van der Waals surface area contributed by atoms with E-state index in [2.05, 4.69) is 23.6 Å². The van der Waals surface area contributed by atoms with Crippen molar-refractivity contribution in [1.29, 1.82) is 0 Å². The van der Waals surface area contributed by atoms with Gasteiger partial charge in [-0.25, -0.2) is 0 Å². The van der Waals surface area contributed by atoms with Crippen LogP contribution in [0.25, 0.3) is 0 Å². The molecule has 0 aromatic carbocycles. The summed E-state index contributed by atoms with van der Waals surface area (Å²) >= 11 is 5.01.